The van der Waals surface area contributed by atoms with Crippen molar-refractivity contribution in [2.75, 3.05) is 78.8 Å². The standard InChI is InChI=1S/C59H61N5O14/c1-9-26-75-58(67)63-46-32-52(50(71-5)30-44(46)54(65)61-24-22-38(28-48(61)56(63)73-7)36-14-18-42(69-3)19-15-36)77-34-40-12-11-13-41(60-40)35-78-53-33-47-45(31-51(53)72-6)55(66)62-25-23-39(37-16-20-43(70-4)21-17-37)29-49(62)57(74-8)64(47)59(68)76-27-10-2/h9-21,28-33,48-49,56-57H,1-2,22-27,34-35H2,3-8H3/t48-,49-,56?,57?/m0/s1. The number of aromatic nitrogens is 1. The Kier molecular flexibility index (Phi) is 16.6. The van der Waals surface area contributed by atoms with Crippen LogP contribution >= 0.6 is 0 Å². The monoisotopic (exact) mass is 1060 g/mol. The van der Waals surface area contributed by atoms with Gasteiger partial charge in [0.05, 0.1) is 74.4 Å². The summed E-state index contributed by atoms with van der Waals surface area (Å²) in [6, 6.07) is 25.4. The predicted molar refractivity (Wildman–Crippen MR) is 289 cm³/mol. The minimum Gasteiger partial charge on any atom is -0.497 e. The van der Waals surface area contributed by atoms with Gasteiger partial charge in [-0.15, -0.1) is 0 Å². The third kappa shape index (κ3) is 10.8. The first kappa shape index (κ1) is 54.0. The molecule has 9 rings (SSSR count). The van der Waals surface area contributed by atoms with Crippen molar-refractivity contribution in [2.24, 2.45) is 0 Å². The number of pyridine rings is 1. The van der Waals surface area contributed by atoms with Gasteiger partial charge in [0.2, 0.25) is 0 Å². The Hall–Kier alpha value is -8.81. The molecule has 5 heterocycles. The van der Waals surface area contributed by atoms with Crippen LogP contribution in [0.5, 0.6) is 34.5 Å². The molecule has 4 amide bonds. The van der Waals surface area contributed by atoms with Gasteiger partial charge >= 0.3 is 12.2 Å². The second kappa shape index (κ2) is 24.0. The molecule has 0 N–H and O–H groups in total. The number of rotatable bonds is 18. The molecule has 5 aromatic rings. The van der Waals surface area contributed by atoms with Crippen molar-refractivity contribution >= 4 is 46.5 Å². The largest absolute Gasteiger partial charge is 0.497 e. The first-order chi connectivity index (χ1) is 38.0. The number of benzene rings is 4. The molecular weight excluding hydrogens is 1000 g/mol. The first-order valence-electron chi connectivity index (χ1n) is 25.1. The Labute approximate surface area is 452 Å². The van der Waals surface area contributed by atoms with Crippen LogP contribution in [0.1, 0.15) is 56.1 Å². The van der Waals surface area contributed by atoms with Crippen LogP contribution in [0, 0.1) is 0 Å². The molecule has 406 valence electrons. The third-order valence-electron chi connectivity index (χ3n) is 13.9. The molecule has 2 unspecified atom stereocenters. The normalized spacial score (nSPS) is 18.5. The Morgan fingerprint density at radius 3 is 1.33 bits per heavy atom. The van der Waals surface area contributed by atoms with Crippen LogP contribution in [0.3, 0.4) is 0 Å². The number of nitrogens with zero attached hydrogens (tertiary/aromatic N) is 5. The zero-order valence-corrected chi connectivity index (χ0v) is 44.3. The van der Waals surface area contributed by atoms with Crippen LogP contribution in [-0.4, -0.2) is 132 Å². The van der Waals surface area contributed by atoms with Gasteiger partial charge in [-0.05, 0) is 83.6 Å². The highest BCUT2D eigenvalue weighted by molar-refractivity contribution is 6.07. The lowest BCUT2D eigenvalue weighted by atomic mass is 9.94. The van der Waals surface area contributed by atoms with Crippen molar-refractivity contribution in [1.82, 2.24) is 14.8 Å². The average molecular weight is 1060 g/mol. The second-order valence-corrected chi connectivity index (χ2v) is 18.3. The molecule has 78 heavy (non-hydrogen) atoms. The van der Waals surface area contributed by atoms with Gasteiger partial charge in [0, 0.05) is 39.4 Å². The van der Waals surface area contributed by atoms with Crippen LogP contribution in [-0.2, 0) is 32.2 Å². The molecule has 0 aliphatic carbocycles. The number of hydrogen-bond acceptors (Lipinski definition) is 15. The van der Waals surface area contributed by atoms with Gasteiger partial charge in [-0.3, -0.25) is 14.6 Å². The molecular formula is C59H61N5O14. The van der Waals surface area contributed by atoms with E-state index in [0.29, 0.717) is 48.8 Å². The molecule has 0 saturated carbocycles. The molecule has 4 aliphatic rings. The molecule has 0 spiro atoms. The van der Waals surface area contributed by atoms with Crippen molar-refractivity contribution in [2.45, 2.75) is 50.6 Å². The fraction of sp³-hybridized carbons (Fsp3) is 0.305. The van der Waals surface area contributed by atoms with E-state index in [1.165, 1.54) is 50.4 Å². The average Bonchev–Trinajstić information content (AvgIpc) is 3.94. The Bertz CT molecular complexity index is 2940. The van der Waals surface area contributed by atoms with E-state index >= 15 is 0 Å². The summed E-state index contributed by atoms with van der Waals surface area (Å²) in [6.07, 6.45) is 4.33. The van der Waals surface area contributed by atoms with E-state index in [9.17, 15) is 19.2 Å². The van der Waals surface area contributed by atoms with Gasteiger partial charge in [-0.1, -0.05) is 67.8 Å². The number of hydrogen-bond donors (Lipinski definition) is 0. The quantitative estimate of drug-likeness (QED) is 0.0756. The number of carbonyl (C=O) groups is 4. The summed E-state index contributed by atoms with van der Waals surface area (Å²) >= 11 is 0. The molecule has 0 bridgehead atoms. The third-order valence-corrected chi connectivity index (χ3v) is 13.9. The van der Waals surface area contributed by atoms with Crippen LogP contribution in [0.4, 0.5) is 21.0 Å². The molecule has 1 aromatic heterocycles. The van der Waals surface area contributed by atoms with Crippen LogP contribution in [0.2, 0.25) is 0 Å². The highest BCUT2D eigenvalue weighted by atomic mass is 16.6. The molecule has 4 aliphatic heterocycles. The fourth-order valence-electron chi connectivity index (χ4n) is 10.1. The lowest BCUT2D eigenvalue weighted by Crippen LogP contribution is -2.55. The minimum absolute atomic E-state index is 0.0784. The summed E-state index contributed by atoms with van der Waals surface area (Å²) in [5.74, 6) is 1.61. The smallest absolute Gasteiger partial charge is 0.416 e. The summed E-state index contributed by atoms with van der Waals surface area (Å²) in [4.78, 5) is 68.3. The predicted octanol–water partition coefficient (Wildman–Crippen LogP) is 9.10. The second-order valence-electron chi connectivity index (χ2n) is 18.3. The zero-order chi connectivity index (χ0) is 55.0. The molecule has 4 atom stereocenters. The first-order valence-corrected chi connectivity index (χ1v) is 25.1. The maximum absolute atomic E-state index is 14.6. The highest BCUT2D eigenvalue weighted by Crippen LogP contribution is 2.45. The lowest BCUT2D eigenvalue weighted by Gasteiger charge is -2.39. The van der Waals surface area contributed by atoms with Crippen molar-refractivity contribution in [3.63, 3.8) is 0 Å². The number of amides is 4. The van der Waals surface area contributed by atoms with Gasteiger partial charge in [-0.2, -0.15) is 0 Å². The van der Waals surface area contributed by atoms with Crippen molar-refractivity contribution in [3.8, 4) is 34.5 Å². The number of methoxy groups -OCH3 is 6. The summed E-state index contributed by atoms with van der Waals surface area (Å²) in [5, 5.41) is 0. The lowest BCUT2D eigenvalue weighted by molar-refractivity contribution is 0.0274. The summed E-state index contributed by atoms with van der Waals surface area (Å²) in [5.41, 5.74) is 5.54. The van der Waals surface area contributed by atoms with Crippen LogP contribution < -0.4 is 38.2 Å². The summed E-state index contributed by atoms with van der Waals surface area (Å²) in [6.45, 7) is 7.74. The van der Waals surface area contributed by atoms with Crippen LogP contribution in [0.25, 0.3) is 11.1 Å². The maximum Gasteiger partial charge on any atom is 0.416 e. The van der Waals surface area contributed by atoms with Crippen LogP contribution in [0.15, 0.2) is 128 Å². The van der Waals surface area contributed by atoms with E-state index < -0.39 is 36.7 Å². The highest BCUT2D eigenvalue weighted by Gasteiger charge is 2.47. The fourth-order valence-corrected chi connectivity index (χ4v) is 10.1. The summed E-state index contributed by atoms with van der Waals surface area (Å²) in [7, 11) is 9.08. The molecule has 4 aromatic carbocycles. The minimum atomic E-state index is -1.02. The molecule has 0 saturated heterocycles. The molecule has 0 radical (unpaired) electrons. The molecule has 19 nitrogen and oxygen atoms in total. The topological polar surface area (TPSA) is 186 Å². The van der Waals surface area contributed by atoms with E-state index in [1.807, 2.05) is 60.7 Å². The van der Waals surface area contributed by atoms with Gasteiger partial charge in [-0.25, -0.2) is 19.4 Å². The SMILES string of the molecule is C=CCOC(=O)N1c2cc(OCc3cccc(COc4cc5c(cc4OC)C(=O)N4CCC(c6ccc(OC)cc6)=C[C@H]4C(OC)N5C(=O)OCC=C)n3)c(OC)cc2C(=O)N2CCC(c3ccc(OC)cc3)=C[C@H]2C1OC. The van der Waals surface area contributed by atoms with E-state index in [1.54, 1.807) is 66.5 Å². The zero-order valence-electron chi connectivity index (χ0n) is 44.3. The number of fused-ring (bicyclic) bond motifs is 4. The Balaban J connectivity index is 0.986. The number of carbonyl (C=O) groups excluding carboxylic acids is 4. The van der Waals surface area contributed by atoms with E-state index in [0.717, 1.165) is 22.3 Å². The maximum atomic E-state index is 14.6. The van der Waals surface area contributed by atoms with E-state index in [-0.39, 0.29) is 83.7 Å². The van der Waals surface area contributed by atoms with E-state index in [4.69, 9.17) is 52.4 Å². The Morgan fingerprint density at radius 2 is 0.974 bits per heavy atom. The van der Waals surface area contributed by atoms with Gasteiger partial charge in [0.15, 0.2) is 35.5 Å². The number of ether oxygens (including phenoxy) is 10. The van der Waals surface area contributed by atoms with Gasteiger partial charge < -0.3 is 57.2 Å². The van der Waals surface area contributed by atoms with Crippen molar-refractivity contribution < 1.29 is 66.5 Å². The Morgan fingerprint density at radius 1 is 0.564 bits per heavy atom. The van der Waals surface area contributed by atoms with Crippen molar-refractivity contribution in [1.29, 1.82) is 0 Å². The van der Waals surface area contributed by atoms with Gasteiger partial charge in [0.25, 0.3) is 11.8 Å². The van der Waals surface area contributed by atoms with Crippen molar-refractivity contribution in [3.05, 3.63) is 162 Å². The molecule has 19 heteroatoms. The number of anilines is 2. The van der Waals surface area contributed by atoms with E-state index in [2.05, 4.69) is 13.2 Å². The molecule has 0 fully saturated rings. The summed E-state index contributed by atoms with van der Waals surface area (Å²) < 4.78 is 58.6. The van der Waals surface area contributed by atoms with Gasteiger partial charge in [0.1, 0.15) is 37.9 Å².